The summed E-state index contributed by atoms with van der Waals surface area (Å²) in [5.41, 5.74) is 0.496. The summed E-state index contributed by atoms with van der Waals surface area (Å²) in [6, 6.07) is 3.52. The standard InChI is InChI=1S/C11H14BrNO3/c1-13-6-8(14)10-7(12)4-5-9(15-2)11(10)16-3/h4-5,13H,6H2,1-3H3. The molecule has 0 fully saturated rings. The second-order valence-corrected chi connectivity index (χ2v) is 3.97. The summed E-state index contributed by atoms with van der Waals surface area (Å²) in [5, 5.41) is 2.82. The number of benzene rings is 1. The third kappa shape index (κ3) is 2.54. The van der Waals surface area contributed by atoms with E-state index >= 15 is 0 Å². The molecule has 0 amide bonds. The quantitative estimate of drug-likeness (QED) is 0.840. The minimum absolute atomic E-state index is 0.0508. The van der Waals surface area contributed by atoms with Crippen LogP contribution in [0.1, 0.15) is 10.4 Å². The third-order valence-electron chi connectivity index (χ3n) is 2.11. The SMILES string of the molecule is CNCC(=O)c1c(Br)ccc(OC)c1OC. The molecule has 1 aromatic rings. The molecule has 0 radical (unpaired) electrons. The van der Waals surface area contributed by atoms with Crippen molar-refractivity contribution < 1.29 is 14.3 Å². The lowest BCUT2D eigenvalue weighted by Crippen LogP contribution is -2.19. The maximum absolute atomic E-state index is 11.9. The van der Waals surface area contributed by atoms with Crippen molar-refractivity contribution in [2.75, 3.05) is 27.8 Å². The van der Waals surface area contributed by atoms with Crippen LogP contribution in [-0.2, 0) is 0 Å². The van der Waals surface area contributed by atoms with Gasteiger partial charge in [0.05, 0.1) is 26.3 Å². The van der Waals surface area contributed by atoms with Crippen LogP contribution in [0.5, 0.6) is 11.5 Å². The molecule has 0 unspecified atom stereocenters. The Kier molecular flexibility index (Phi) is 4.76. The highest BCUT2D eigenvalue weighted by Crippen LogP contribution is 2.36. The Bertz CT molecular complexity index is 393. The fourth-order valence-corrected chi connectivity index (χ4v) is 1.95. The lowest BCUT2D eigenvalue weighted by Gasteiger charge is -2.13. The van der Waals surface area contributed by atoms with Crippen LogP contribution in [0.3, 0.4) is 0 Å². The van der Waals surface area contributed by atoms with E-state index in [1.807, 2.05) is 0 Å². The number of rotatable bonds is 5. The number of halogens is 1. The van der Waals surface area contributed by atoms with E-state index in [4.69, 9.17) is 9.47 Å². The van der Waals surface area contributed by atoms with Gasteiger partial charge in [-0.1, -0.05) is 0 Å². The number of carbonyl (C=O) groups is 1. The molecule has 0 aliphatic rings. The largest absolute Gasteiger partial charge is 0.493 e. The predicted octanol–water partition coefficient (Wildman–Crippen LogP) is 1.87. The van der Waals surface area contributed by atoms with Crippen LogP contribution in [0.25, 0.3) is 0 Å². The number of hydrogen-bond acceptors (Lipinski definition) is 4. The summed E-state index contributed by atoms with van der Waals surface area (Å²) in [4.78, 5) is 11.9. The molecule has 0 aromatic heterocycles. The number of hydrogen-bond donors (Lipinski definition) is 1. The maximum atomic E-state index is 11.9. The van der Waals surface area contributed by atoms with Crippen molar-refractivity contribution in [3.8, 4) is 11.5 Å². The zero-order valence-corrected chi connectivity index (χ0v) is 11.1. The van der Waals surface area contributed by atoms with Gasteiger partial charge >= 0.3 is 0 Å². The van der Waals surface area contributed by atoms with Gasteiger partial charge in [-0.05, 0) is 35.1 Å². The Balaban J connectivity index is 3.28. The molecule has 88 valence electrons. The van der Waals surface area contributed by atoms with Crippen LogP contribution in [0.15, 0.2) is 16.6 Å². The van der Waals surface area contributed by atoms with Gasteiger partial charge in [0.2, 0.25) is 0 Å². The van der Waals surface area contributed by atoms with Gasteiger partial charge < -0.3 is 14.8 Å². The minimum atomic E-state index is -0.0508. The second-order valence-electron chi connectivity index (χ2n) is 3.11. The first-order chi connectivity index (χ1) is 7.65. The van der Waals surface area contributed by atoms with Gasteiger partial charge in [-0.2, -0.15) is 0 Å². The first kappa shape index (κ1) is 13.0. The zero-order valence-electron chi connectivity index (χ0n) is 9.46. The number of nitrogens with one attached hydrogen (secondary N) is 1. The van der Waals surface area contributed by atoms with Crippen LogP contribution in [0.4, 0.5) is 0 Å². The first-order valence-electron chi connectivity index (χ1n) is 4.74. The Morgan fingerprint density at radius 2 is 2.06 bits per heavy atom. The second kappa shape index (κ2) is 5.86. The van der Waals surface area contributed by atoms with Crippen molar-refractivity contribution >= 4 is 21.7 Å². The summed E-state index contributed by atoms with van der Waals surface area (Å²) in [6.07, 6.45) is 0. The summed E-state index contributed by atoms with van der Waals surface area (Å²) in [6.45, 7) is 0.252. The monoisotopic (exact) mass is 287 g/mol. The lowest BCUT2D eigenvalue weighted by atomic mass is 10.1. The molecule has 0 aliphatic carbocycles. The molecule has 1 aromatic carbocycles. The van der Waals surface area contributed by atoms with E-state index in [0.717, 1.165) is 0 Å². The first-order valence-corrected chi connectivity index (χ1v) is 5.53. The van der Waals surface area contributed by atoms with E-state index in [1.165, 1.54) is 14.2 Å². The van der Waals surface area contributed by atoms with Crippen LogP contribution < -0.4 is 14.8 Å². The Morgan fingerprint density at radius 1 is 1.38 bits per heavy atom. The van der Waals surface area contributed by atoms with Gasteiger partial charge in [0, 0.05) is 4.47 Å². The van der Waals surface area contributed by atoms with E-state index < -0.39 is 0 Å². The topological polar surface area (TPSA) is 47.6 Å². The zero-order chi connectivity index (χ0) is 12.1. The highest BCUT2D eigenvalue weighted by atomic mass is 79.9. The fraction of sp³-hybridized carbons (Fsp3) is 0.364. The van der Waals surface area contributed by atoms with Crippen molar-refractivity contribution in [2.45, 2.75) is 0 Å². The molecule has 0 atom stereocenters. The molecule has 0 saturated heterocycles. The Labute approximate surface area is 103 Å². The normalized spacial score (nSPS) is 10.0. The van der Waals surface area contributed by atoms with Gasteiger partial charge in [-0.3, -0.25) is 4.79 Å². The molecule has 1 N–H and O–H groups in total. The number of ketones is 1. The number of carbonyl (C=O) groups excluding carboxylic acids is 1. The van der Waals surface area contributed by atoms with Crippen LogP contribution in [0.2, 0.25) is 0 Å². The molecule has 0 bridgehead atoms. The summed E-state index contributed by atoms with van der Waals surface area (Å²) in [5.74, 6) is 0.951. The predicted molar refractivity (Wildman–Crippen MR) is 65.5 cm³/mol. The Hall–Kier alpha value is -1.07. The molecule has 0 spiro atoms. The summed E-state index contributed by atoms with van der Waals surface area (Å²) < 4.78 is 11.1. The molecule has 5 heteroatoms. The third-order valence-corrected chi connectivity index (χ3v) is 2.77. The number of Topliss-reactive ketones (excluding diaryl/α,β-unsaturated/α-hetero) is 1. The van der Waals surface area contributed by atoms with E-state index in [2.05, 4.69) is 21.2 Å². The van der Waals surface area contributed by atoms with Gasteiger partial charge in [-0.15, -0.1) is 0 Å². The van der Waals surface area contributed by atoms with Crippen molar-refractivity contribution in [3.63, 3.8) is 0 Å². The molecule has 0 heterocycles. The average molecular weight is 288 g/mol. The van der Waals surface area contributed by atoms with Gasteiger partial charge in [0.25, 0.3) is 0 Å². The van der Waals surface area contributed by atoms with E-state index in [0.29, 0.717) is 21.5 Å². The maximum Gasteiger partial charge on any atom is 0.181 e. The van der Waals surface area contributed by atoms with Gasteiger partial charge in [0.15, 0.2) is 17.3 Å². The smallest absolute Gasteiger partial charge is 0.181 e. The van der Waals surface area contributed by atoms with Crippen molar-refractivity contribution in [3.05, 3.63) is 22.2 Å². The minimum Gasteiger partial charge on any atom is -0.493 e. The van der Waals surface area contributed by atoms with Crippen molar-refractivity contribution in [1.82, 2.24) is 5.32 Å². The number of methoxy groups -OCH3 is 2. The molecule has 1 rings (SSSR count). The molecular formula is C11H14BrNO3. The highest BCUT2D eigenvalue weighted by Gasteiger charge is 2.19. The number of likely N-dealkylation sites (N-methyl/N-ethyl adjacent to an activating group) is 1. The van der Waals surface area contributed by atoms with Gasteiger partial charge in [-0.25, -0.2) is 0 Å². The van der Waals surface area contributed by atoms with E-state index in [-0.39, 0.29) is 12.3 Å². The summed E-state index contributed by atoms with van der Waals surface area (Å²) >= 11 is 3.34. The molecule has 0 aliphatic heterocycles. The number of ether oxygens (including phenoxy) is 2. The molecule has 16 heavy (non-hydrogen) atoms. The van der Waals surface area contributed by atoms with Crippen LogP contribution in [0, 0.1) is 0 Å². The molecular weight excluding hydrogens is 274 g/mol. The van der Waals surface area contributed by atoms with Crippen LogP contribution >= 0.6 is 15.9 Å². The van der Waals surface area contributed by atoms with Crippen molar-refractivity contribution in [2.24, 2.45) is 0 Å². The lowest BCUT2D eigenvalue weighted by molar-refractivity contribution is 0.0989. The Morgan fingerprint density at radius 3 is 2.56 bits per heavy atom. The highest BCUT2D eigenvalue weighted by molar-refractivity contribution is 9.10. The summed E-state index contributed by atoms with van der Waals surface area (Å²) in [7, 11) is 4.77. The van der Waals surface area contributed by atoms with E-state index in [1.54, 1.807) is 19.2 Å². The molecule has 0 saturated carbocycles. The van der Waals surface area contributed by atoms with E-state index in [9.17, 15) is 4.79 Å². The van der Waals surface area contributed by atoms with Crippen LogP contribution in [-0.4, -0.2) is 33.6 Å². The molecule has 4 nitrogen and oxygen atoms in total. The average Bonchev–Trinajstić information content (AvgIpc) is 2.28. The van der Waals surface area contributed by atoms with Gasteiger partial charge in [0.1, 0.15) is 0 Å². The fourth-order valence-electron chi connectivity index (χ4n) is 1.41. The van der Waals surface area contributed by atoms with Crippen molar-refractivity contribution in [1.29, 1.82) is 0 Å².